The van der Waals surface area contributed by atoms with Crippen molar-refractivity contribution in [1.82, 2.24) is 10.3 Å². The van der Waals surface area contributed by atoms with Crippen LogP contribution in [0.2, 0.25) is 0 Å². The molecule has 6 rings (SSSR count). The predicted octanol–water partition coefficient (Wildman–Crippen LogP) is 6.95. The molecule has 0 bridgehead atoms. The van der Waals surface area contributed by atoms with Gasteiger partial charge in [-0.1, -0.05) is 26.0 Å². The summed E-state index contributed by atoms with van der Waals surface area (Å²) in [6, 6.07) is 10.1. The van der Waals surface area contributed by atoms with E-state index >= 15 is 0 Å². The Hall–Kier alpha value is -1.41. The van der Waals surface area contributed by atoms with Crippen molar-refractivity contribution in [2.75, 3.05) is 7.05 Å². The molecule has 2 heteroatoms. The summed E-state index contributed by atoms with van der Waals surface area (Å²) < 4.78 is 0. The van der Waals surface area contributed by atoms with Crippen LogP contribution in [0.4, 0.5) is 0 Å². The molecule has 1 N–H and O–H groups in total. The molecule has 166 valence electrons. The highest BCUT2D eigenvalue weighted by molar-refractivity contribution is 5.82. The number of rotatable bonds is 2. The second kappa shape index (κ2) is 7.30. The van der Waals surface area contributed by atoms with Crippen molar-refractivity contribution in [3.63, 3.8) is 0 Å². The van der Waals surface area contributed by atoms with Gasteiger partial charge in [0.15, 0.2) is 0 Å². The Morgan fingerprint density at radius 1 is 0.871 bits per heavy atom. The van der Waals surface area contributed by atoms with Crippen LogP contribution >= 0.6 is 0 Å². The lowest BCUT2D eigenvalue weighted by Gasteiger charge is -2.61. The van der Waals surface area contributed by atoms with Crippen LogP contribution in [-0.4, -0.2) is 18.1 Å². The molecule has 0 spiro atoms. The zero-order valence-corrected chi connectivity index (χ0v) is 19.7. The fourth-order valence-corrected chi connectivity index (χ4v) is 9.39. The largest absolute Gasteiger partial charge is 0.317 e. The maximum Gasteiger partial charge on any atom is 0.0346 e. The van der Waals surface area contributed by atoms with Gasteiger partial charge in [0.2, 0.25) is 0 Å². The van der Waals surface area contributed by atoms with E-state index in [0.717, 1.165) is 35.6 Å². The topological polar surface area (TPSA) is 24.9 Å². The molecule has 4 saturated carbocycles. The number of hydrogen-bond acceptors (Lipinski definition) is 2. The fourth-order valence-electron chi connectivity index (χ4n) is 9.39. The molecule has 2 aromatic rings. The van der Waals surface area contributed by atoms with E-state index in [4.69, 9.17) is 0 Å². The molecule has 0 saturated heterocycles. The second-order valence-electron chi connectivity index (χ2n) is 12.1. The van der Waals surface area contributed by atoms with E-state index < -0.39 is 0 Å². The lowest BCUT2D eigenvalue weighted by molar-refractivity contribution is -0.109. The standard InChI is InChI=1S/C29H40N2/c1-28-13-10-23(30-3)17-22(28)6-7-24-26-9-8-25(29(26,2)14-11-27(24)28)20-5-4-19-12-15-31-18-21(19)16-20/h4-5,12,15-16,18,22-27,30H,6-11,13-14,17H2,1-3H3/t22-,23-,24?,25+,26-,27?,28-,29+/m0/s1. The molecule has 4 fully saturated rings. The first kappa shape index (κ1) is 20.2. The third-order valence-corrected chi connectivity index (χ3v) is 11.1. The molecular weight excluding hydrogens is 376 g/mol. The van der Waals surface area contributed by atoms with Gasteiger partial charge < -0.3 is 5.32 Å². The lowest BCUT2D eigenvalue weighted by Crippen LogP contribution is -2.54. The number of aromatic nitrogens is 1. The molecule has 4 aliphatic carbocycles. The van der Waals surface area contributed by atoms with Crippen LogP contribution in [0.25, 0.3) is 10.8 Å². The number of nitrogens with zero attached hydrogens (tertiary/aromatic N) is 1. The number of benzene rings is 1. The van der Waals surface area contributed by atoms with Gasteiger partial charge in [0.05, 0.1) is 0 Å². The molecule has 8 atom stereocenters. The molecule has 2 unspecified atom stereocenters. The highest BCUT2D eigenvalue weighted by atomic mass is 14.9. The van der Waals surface area contributed by atoms with Crippen molar-refractivity contribution in [3.8, 4) is 0 Å². The second-order valence-corrected chi connectivity index (χ2v) is 12.1. The maximum atomic E-state index is 4.39. The van der Waals surface area contributed by atoms with Crippen molar-refractivity contribution in [3.05, 3.63) is 42.2 Å². The van der Waals surface area contributed by atoms with Crippen molar-refractivity contribution >= 4 is 10.8 Å². The van der Waals surface area contributed by atoms with Crippen LogP contribution in [0.3, 0.4) is 0 Å². The minimum Gasteiger partial charge on any atom is -0.317 e. The summed E-state index contributed by atoms with van der Waals surface area (Å²) in [7, 11) is 2.17. The van der Waals surface area contributed by atoms with Crippen LogP contribution in [0.15, 0.2) is 36.7 Å². The Morgan fingerprint density at radius 2 is 1.71 bits per heavy atom. The van der Waals surface area contributed by atoms with Gasteiger partial charge in [-0.3, -0.25) is 4.98 Å². The molecule has 0 aliphatic heterocycles. The summed E-state index contributed by atoms with van der Waals surface area (Å²) in [5, 5.41) is 6.24. The third-order valence-electron chi connectivity index (χ3n) is 11.1. The van der Waals surface area contributed by atoms with E-state index in [1.165, 1.54) is 68.6 Å². The Morgan fingerprint density at radius 3 is 2.58 bits per heavy atom. The SMILES string of the molecule is CN[C@H]1CC[C@]2(C)C3CC[C@]4(C)[C@@H](c5ccc6ccncc6c5)CC[C@H]4C3CC[C@H]2C1. The van der Waals surface area contributed by atoms with E-state index in [1.807, 2.05) is 12.4 Å². The molecule has 2 nitrogen and oxygen atoms in total. The zero-order chi connectivity index (χ0) is 21.2. The molecule has 0 amide bonds. The summed E-state index contributed by atoms with van der Waals surface area (Å²) in [6.45, 7) is 5.37. The van der Waals surface area contributed by atoms with Gasteiger partial charge in [-0.05, 0) is 128 Å². The summed E-state index contributed by atoms with van der Waals surface area (Å²) in [5.41, 5.74) is 2.67. The van der Waals surface area contributed by atoms with Crippen LogP contribution in [0.1, 0.15) is 83.1 Å². The number of nitrogens with one attached hydrogen (secondary N) is 1. The van der Waals surface area contributed by atoms with Gasteiger partial charge >= 0.3 is 0 Å². The van der Waals surface area contributed by atoms with E-state index in [-0.39, 0.29) is 0 Å². The molecule has 31 heavy (non-hydrogen) atoms. The van der Waals surface area contributed by atoms with Gasteiger partial charge in [0.1, 0.15) is 0 Å². The Bertz CT molecular complexity index is 968. The van der Waals surface area contributed by atoms with Gasteiger partial charge in [-0.15, -0.1) is 0 Å². The van der Waals surface area contributed by atoms with Crippen molar-refractivity contribution in [2.24, 2.45) is 34.5 Å². The molecule has 4 aliphatic rings. The third kappa shape index (κ3) is 2.96. The Labute approximate surface area is 188 Å². The van der Waals surface area contributed by atoms with Crippen molar-refractivity contribution in [2.45, 2.75) is 83.6 Å². The minimum absolute atomic E-state index is 0.489. The first-order valence-corrected chi connectivity index (χ1v) is 13.0. The maximum absolute atomic E-state index is 4.39. The van der Waals surface area contributed by atoms with Crippen LogP contribution in [-0.2, 0) is 0 Å². The van der Waals surface area contributed by atoms with Gasteiger partial charge in [-0.25, -0.2) is 0 Å². The first-order chi connectivity index (χ1) is 15.0. The van der Waals surface area contributed by atoms with Gasteiger partial charge in [0, 0.05) is 23.8 Å². The lowest BCUT2D eigenvalue weighted by atomic mass is 9.44. The normalized spacial score (nSPS) is 44.5. The summed E-state index contributed by atoms with van der Waals surface area (Å²) in [6.07, 6.45) is 17.0. The van der Waals surface area contributed by atoms with Gasteiger partial charge in [-0.2, -0.15) is 0 Å². The summed E-state index contributed by atoms with van der Waals surface area (Å²) in [5.74, 6) is 4.56. The molecule has 0 radical (unpaired) electrons. The van der Waals surface area contributed by atoms with Crippen molar-refractivity contribution in [1.29, 1.82) is 0 Å². The first-order valence-electron chi connectivity index (χ1n) is 13.0. The Kier molecular flexibility index (Phi) is 4.76. The molecule has 1 aromatic heterocycles. The highest BCUT2D eigenvalue weighted by Crippen LogP contribution is 2.69. The van der Waals surface area contributed by atoms with E-state index in [0.29, 0.717) is 10.8 Å². The van der Waals surface area contributed by atoms with E-state index in [1.54, 1.807) is 5.56 Å². The highest BCUT2D eigenvalue weighted by Gasteiger charge is 2.60. The van der Waals surface area contributed by atoms with Crippen molar-refractivity contribution < 1.29 is 0 Å². The summed E-state index contributed by atoms with van der Waals surface area (Å²) in [4.78, 5) is 4.39. The summed E-state index contributed by atoms with van der Waals surface area (Å²) >= 11 is 0. The smallest absolute Gasteiger partial charge is 0.0346 e. The average Bonchev–Trinajstić information content (AvgIpc) is 3.15. The van der Waals surface area contributed by atoms with E-state index in [2.05, 4.69) is 55.5 Å². The quantitative estimate of drug-likeness (QED) is 0.573. The van der Waals surface area contributed by atoms with Crippen LogP contribution in [0.5, 0.6) is 0 Å². The van der Waals surface area contributed by atoms with Crippen LogP contribution in [0, 0.1) is 34.5 Å². The Balaban J connectivity index is 1.28. The number of hydrogen-bond donors (Lipinski definition) is 1. The van der Waals surface area contributed by atoms with Gasteiger partial charge in [0.25, 0.3) is 0 Å². The monoisotopic (exact) mass is 416 g/mol. The zero-order valence-electron chi connectivity index (χ0n) is 19.7. The number of fused-ring (bicyclic) bond motifs is 6. The fraction of sp³-hybridized carbons (Fsp3) is 0.690. The minimum atomic E-state index is 0.489. The molecule has 1 aromatic carbocycles. The molecular formula is C29H40N2. The number of pyridine rings is 1. The van der Waals surface area contributed by atoms with Crippen LogP contribution < -0.4 is 5.32 Å². The van der Waals surface area contributed by atoms with E-state index in [9.17, 15) is 0 Å². The predicted molar refractivity (Wildman–Crippen MR) is 129 cm³/mol. The molecule has 1 heterocycles. The average molecular weight is 417 g/mol.